The highest BCUT2D eigenvalue weighted by Crippen LogP contribution is 2.21. The summed E-state index contributed by atoms with van der Waals surface area (Å²) >= 11 is 0. The first-order chi connectivity index (χ1) is 13.6. The fourth-order valence-electron chi connectivity index (χ4n) is 2.54. The van der Waals surface area contributed by atoms with Gasteiger partial charge in [0.05, 0.1) is 0 Å². The van der Waals surface area contributed by atoms with E-state index < -0.39 is 24.1 Å². The van der Waals surface area contributed by atoms with Gasteiger partial charge in [-0.2, -0.15) is 0 Å². The minimum Gasteiger partial charge on any atom is -0.446 e. The minimum atomic E-state index is -1.11. The summed E-state index contributed by atoms with van der Waals surface area (Å²) in [7, 11) is 0. The van der Waals surface area contributed by atoms with Crippen molar-refractivity contribution in [2.24, 2.45) is 0 Å². The lowest BCUT2D eigenvalue weighted by molar-refractivity contribution is -0.169. The second kappa shape index (κ2) is 11.4. The fourth-order valence-corrected chi connectivity index (χ4v) is 2.54. The van der Waals surface area contributed by atoms with Gasteiger partial charge in [0.25, 0.3) is 0 Å². The zero-order chi connectivity index (χ0) is 20.2. The van der Waals surface area contributed by atoms with E-state index in [4.69, 9.17) is 9.47 Å². The van der Waals surface area contributed by atoms with Crippen LogP contribution in [0.4, 0.5) is 0 Å². The molecule has 2 aromatic rings. The SMILES string of the molecule is C=CCCC[C@@H](C#Cc1ccccc1)OC(=O)[C@H](OC(C)=O)c1ccccc1. The van der Waals surface area contributed by atoms with E-state index in [1.165, 1.54) is 6.92 Å². The standard InChI is InChI=1S/C24H24O4/c1-3-4-7-16-22(18-17-20-12-8-5-9-13-20)28-24(26)23(27-19(2)25)21-14-10-6-11-15-21/h3,5-6,8-15,22-23H,1,4,7,16H2,2H3/t22-,23+/m0/s1. The highest BCUT2D eigenvalue weighted by molar-refractivity contribution is 5.80. The van der Waals surface area contributed by atoms with Crippen LogP contribution >= 0.6 is 0 Å². The highest BCUT2D eigenvalue weighted by atomic mass is 16.6. The Labute approximate surface area is 166 Å². The van der Waals surface area contributed by atoms with Gasteiger partial charge in [-0.05, 0) is 31.4 Å². The monoisotopic (exact) mass is 376 g/mol. The zero-order valence-electron chi connectivity index (χ0n) is 16.0. The maximum Gasteiger partial charge on any atom is 0.353 e. The molecule has 2 aromatic carbocycles. The lowest BCUT2D eigenvalue weighted by Crippen LogP contribution is -2.25. The van der Waals surface area contributed by atoms with Crippen LogP contribution in [0.1, 0.15) is 43.4 Å². The number of hydrogen-bond acceptors (Lipinski definition) is 4. The third kappa shape index (κ3) is 7.13. The zero-order valence-corrected chi connectivity index (χ0v) is 16.0. The van der Waals surface area contributed by atoms with Gasteiger partial charge in [0, 0.05) is 18.1 Å². The van der Waals surface area contributed by atoms with Crippen LogP contribution in [0, 0.1) is 11.8 Å². The van der Waals surface area contributed by atoms with Gasteiger partial charge in [0.2, 0.25) is 6.10 Å². The molecule has 0 N–H and O–H groups in total. The van der Waals surface area contributed by atoms with Crippen molar-refractivity contribution >= 4 is 11.9 Å². The van der Waals surface area contributed by atoms with Gasteiger partial charge in [-0.1, -0.05) is 66.4 Å². The fraction of sp³-hybridized carbons (Fsp3) is 0.250. The quantitative estimate of drug-likeness (QED) is 0.292. The summed E-state index contributed by atoms with van der Waals surface area (Å²) in [5, 5.41) is 0. The van der Waals surface area contributed by atoms with E-state index in [0.29, 0.717) is 12.0 Å². The molecule has 28 heavy (non-hydrogen) atoms. The van der Waals surface area contributed by atoms with E-state index in [-0.39, 0.29) is 0 Å². The van der Waals surface area contributed by atoms with E-state index in [9.17, 15) is 9.59 Å². The summed E-state index contributed by atoms with van der Waals surface area (Å²) in [6.45, 7) is 4.98. The summed E-state index contributed by atoms with van der Waals surface area (Å²) in [6.07, 6.45) is 2.25. The predicted octanol–water partition coefficient (Wildman–Crippen LogP) is 4.61. The summed E-state index contributed by atoms with van der Waals surface area (Å²) in [4.78, 5) is 24.2. The average molecular weight is 376 g/mol. The molecule has 0 unspecified atom stereocenters. The van der Waals surface area contributed by atoms with Crippen molar-refractivity contribution in [2.45, 2.75) is 38.4 Å². The topological polar surface area (TPSA) is 52.6 Å². The molecule has 2 atom stereocenters. The number of benzene rings is 2. The molecule has 0 aliphatic carbocycles. The van der Waals surface area contributed by atoms with E-state index in [0.717, 1.165) is 18.4 Å². The third-order valence-corrected chi connectivity index (χ3v) is 3.88. The number of rotatable bonds is 8. The molecule has 144 valence electrons. The first kappa shape index (κ1) is 21.0. The van der Waals surface area contributed by atoms with Crippen LogP contribution in [0.2, 0.25) is 0 Å². The number of allylic oxidation sites excluding steroid dienone is 1. The molecule has 0 fully saturated rings. The van der Waals surface area contributed by atoms with Gasteiger partial charge in [-0.15, -0.1) is 6.58 Å². The lowest BCUT2D eigenvalue weighted by atomic mass is 10.1. The summed E-state index contributed by atoms with van der Waals surface area (Å²) in [6, 6.07) is 18.3. The minimum absolute atomic E-state index is 0.551. The number of carbonyl (C=O) groups excluding carboxylic acids is 2. The molecule has 4 nitrogen and oxygen atoms in total. The number of carbonyl (C=O) groups is 2. The normalized spacial score (nSPS) is 12.0. The molecule has 0 aromatic heterocycles. The molecule has 4 heteroatoms. The first-order valence-corrected chi connectivity index (χ1v) is 9.20. The van der Waals surface area contributed by atoms with Gasteiger partial charge in [-0.25, -0.2) is 4.79 Å². The van der Waals surface area contributed by atoms with Crippen molar-refractivity contribution in [1.29, 1.82) is 0 Å². The smallest absolute Gasteiger partial charge is 0.353 e. The van der Waals surface area contributed by atoms with E-state index in [1.54, 1.807) is 24.3 Å². The van der Waals surface area contributed by atoms with Crippen molar-refractivity contribution in [3.8, 4) is 11.8 Å². The van der Waals surface area contributed by atoms with Crippen LogP contribution in [0.15, 0.2) is 73.3 Å². The molecule has 0 radical (unpaired) electrons. The second-order valence-corrected chi connectivity index (χ2v) is 6.18. The van der Waals surface area contributed by atoms with Crippen molar-refractivity contribution in [2.75, 3.05) is 0 Å². The molecule has 2 rings (SSSR count). The van der Waals surface area contributed by atoms with Gasteiger partial charge in [0.1, 0.15) is 0 Å². The Morgan fingerprint density at radius 2 is 1.68 bits per heavy atom. The van der Waals surface area contributed by atoms with E-state index in [2.05, 4.69) is 18.4 Å². The van der Waals surface area contributed by atoms with Gasteiger partial charge in [0.15, 0.2) is 6.10 Å². The number of ether oxygens (including phenoxy) is 2. The molecule has 0 aliphatic heterocycles. The van der Waals surface area contributed by atoms with Gasteiger partial charge < -0.3 is 9.47 Å². The number of esters is 2. The Morgan fingerprint density at radius 1 is 1.04 bits per heavy atom. The number of hydrogen-bond donors (Lipinski definition) is 0. The molecular weight excluding hydrogens is 352 g/mol. The van der Waals surface area contributed by atoms with Crippen LogP contribution in [0.25, 0.3) is 0 Å². The molecule has 0 amide bonds. The third-order valence-electron chi connectivity index (χ3n) is 3.88. The summed E-state index contributed by atoms with van der Waals surface area (Å²) in [5.74, 6) is 4.87. The molecule has 0 aliphatic rings. The Kier molecular flexibility index (Phi) is 8.55. The van der Waals surface area contributed by atoms with Crippen molar-refractivity contribution in [3.63, 3.8) is 0 Å². The van der Waals surface area contributed by atoms with Gasteiger partial charge >= 0.3 is 11.9 Å². The Morgan fingerprint density at radius 3 is 2.29 bits per heavy atom. The molecule has 0 spiro atoms. The van der Waals surface area contributed by atoms with Crippen LogP contribution in [0.3, 0.4) is 0 Å². The Bertz CT molecular complexity index is 831. The maximum absolute atomic E-state index is 12.7. The molecule has 0 bridgehead atoms. The van der Waals surface area contributed by atoms with Crippen LogP contribution in [-0.2, 0) is 19.1 Å². The Hall–Kier alpha value is -3.32. The van der Waals surface area contributed by atoms with Crippen molar-refractivity contribution in [1.82, 2.24) is 0 Å². The lowest BCUT2D eigenvalue weighted by Gasteiger charge is -2.19. The predicted molar refractivity (Wildman–Crippen MR) is 108 cm³/mol. The van der Waals surface area contributed by atoms with E-state index >= 15 is 0 Å². The van der Waals surface area contributed by atoms with Gasteiger partial charge in [-0.3, -0.25) is 4.79 Å². The van der Waals surface area contributed by atoms with Crippen molar-refractivity contribution < 1.29 is 19.1 Å². The largest absolute Gasteiger partial charge is 0.446 e. The first-order valence-electron chi connectivity index (χ1n) is 9.20. The second-order valence-electron chi connectivity index (χ2n) is 6.18. The van der Waals surface area contributed by atoms with Crippen LogP contribution in [0.5, 0.6) is 0 Å². The Balaban J connectivity index is 2.17. The maximum atomic E-state index is 12.7. The molecule has 0 saturated heterocycles. The van der Waals surface area contributed by atoms with Crippen LogP contribution in [-0.4, -0.2) is 18.0 Å². The van der Waals surface area contributed by atoms with E-state index in [1.807, 2.05) is 42.5 Å². The highest BCUT2D eigenvalue weighted by Gasteiger charge is 2.27. The summed E-state index contributed by atoms with van der Waals surface area (Å²) < 4.78 is 10.8. The molecular formula is C24H24O4. The molecule has 0 saturated carbocycles. The summed E-state index contributed by atoms with van der Waals surface area (Å²) in [5.41, 5.74) is 1.40. The molecule has 0 heterocycles. The number of unbranched alkanes of at least 4 members (excludes halogenated alkanes) is 1. The average Bonchev–Trinajstić information content (AvgIpc) is 2.71. The van der Waals surface area contributed by atoms with Crippen molar-refractivity contribution in [3.05, 3.63) is 84.4 Å². The van der Waals surface area contributed by atoms with Crippen LogP contribution < -0.4 is 0 Å².